The van der Waals surface area contributed by atoms with Gasteiger partial charge in [-0.15, -0.1) is 0 Å². The fourth-order valence-electron chi connectivity index (χ4n) is 1.67. The molecule has 6 nitrogen and oxygen atoms in total. The number of nitrogens with zero attached hydrogens (tertiary/aromatic N) is 2. The Kier molecular flexibility index (Phi) is 5.35. The molecule has 1 rings (SSSR count). The summed E-state index contributed by atoms with van der Waals surface area (Å²) >= 11 is 0. The maximum Gasteiger partial charge on any atom is 0.330 e. The molecule has 0 aliphatic carbocycles. The van der Waals surface area contributed by atoms with E-state index in [-0.39, 0.29) is 30.1 Å². The summed E-state index contributed by atoms with van der Waals surface area (Å²) < 4.78 is 2.59. The van der Waals surface area contributed by atoms with Crippen LogP contribution in [0.4, 0.5) is 0 Å². The van der Waals surface area contributed by atoms with E-state index in [2.05, 4.69) is 5.32 Å². The van der Waals surface area contributed by atoms with Crippen molar-refractivity contribution in [3.8, 4) is 0 Å². The van der Waals surface area contributed by atoms with E-state index >= 15 is 0 Å². The third-order valence-electron chi connectivity index (χ3n) is 2.54. The summed E-state index contributed by atoms with van der Waals surface area (Å²) in [5, 5.41) is 2.63. The first-order valence-electron chi connectivity index (χ1n) is 6.17. The number of carbonyl (C=O) groups is 1. The van der Waals surface area contributed by atoms with E-state index in [1.807, 2.05) is 13.8 Å². The molecule has 0 saturated heterocycles. The predicted octanol–water partition coefficient (Wildman–Crippen LogP) is -0.0538. The molecule has 0 atom stereocenters. The SMILES string of the molecule is CCCn1ccc(=O)n(CCC(=O)NCC)c1=O. The van der Waals surface area contributed by atoms with Crippen molar-refractivity contribution in [1.29, 1.82) is 0 Å². The third kappa shape index (κ3) is 3.58. The topological polar surface area (TPSA) is 73.1 Å². The molecule has 1 N–H and O–H groups in total. The molecule has 6 heteroatoms. The third-order valence-corrected chi connectivity index (χ3v) is 2.54. The van der Waals surface area contributed by atoms with E-state index in [9.17, 15) is 14.4 Å². The van der Waals surface area contributed by atoms with Crippen molar-refractivity contribution in [3.63, 3.8) is 0 Å². The predicted molar refractivity (Wildman–Crippen MR) is 68.6 cm³/mol. The normalized spacial score (nSPS) is 10.3. The van der Waals surface area contributed by atoms with Gasteiger partial charge in [-0.05, 0) is 13.3 Å². The molecule has 1 aromatic heterocycles. The minimum Gasteiger partial charge on any atom is -0.356 e. The second kappa shape index (κ2) is 6.78. The quantitative estimate of drug-likeness (QED) is 0.772. The fourth-order valence-corrected chi connectivity index (χ4v) is 1.67. The lowest BCUT2D eigenvalue weighted by molar-refractivity contribution is -0.121. The maximum atomic E-state index is 11.9. The van der Waals surface area contributed by atoms with Crippen LogP contribution in [0.2, 0.25) is 0 Å². The Hall–Kier alpha value is -1.85. The van der Waals surface area contributed by atoms with Crippen LogP contribution in [-0.2, 0) is 17.9 Å². The van der Waals surface area contributed by atoms with Gasteiger partial charge in [-0.1, -0.05) is 6.92 Å². The van der Waals surface area contributed by atoms with Gasteiger partial charge < -0.3 is 9.88 Å². The molecular weight excluding hydrogens is 234 g/mol. The number of carbonyl (C=O) groups excluding carboxylic acids is 1. The number of aryl methyl sites for hydroxylation is 1. The molecule has 1 heterocycles. The van der Waals surface area contributed by atoms with Gasteiger partial charge in [0.15, 0.2) is 0 Å². The highest BCUT2D eigenvalue weighted by molar-refractivity contribution is 5.75. The second-order valence-electron chi connectivity index (χ2n) is 3.99. The minimum absolute atomic E-state index is 0.119. The summed E-state index contributed by atoms with van der Waals surface area (Å²) in [6, 6.07) is 1.36. The van der Waals surface area contributed by atoms with Crippen molar-refractivity contribution in [1.82, 2.24) is 14.5 Å². The van der Waals surface area contributed by atoms with Crippen molar-refractivity contribution >= 4 is 5.91 Å². The summed E-state index contributed by atoms with van der Waals surface area (Å²) in [7, 11) is 0. The van der Waals surface area contributed by atoms with Gasteiger partial charge >= 0.3 is 5.69 Å². The Morgan fingerprint density at radius 2 is 2.00 bits per heavy atom. The Morgan fingerprint density at radius 1 is 1.28 bits per heavy atom. The van der Waals surface area contributed by atoms with Crippen LogP contribution in [0.15, 0.2) is 21.9 Å². The van der Waals surface area contributed by atoms with E-state index < -0.39 is 0 Å². The van der Waals surface area contributed by atoms with Crippen LogP contribution in [0.5, 0.6) is 0 Å². The Labute approximate surface area is 105 Å². The summed E-state index contributed by atoms with van der Waals surface area (Å²) in [6.07, 6.45) is 2.45. The number of hydrogen-bond donors (Lipinski definition) is 1. The van der Waals surface area contributed by atoms with E-state index in [4.69, 9.17) is 0 Å². The monoisotopic (exact) mass is 253 g/mol. The molecule has 1 amide bonds. The van der Waals surface area contributed by atoms with Crippen LogP contribution < -0.4 is 16.6 Å². The van der Waals surface area contributed by atoms with Crippen LogP contribution in [0, 0.1) is 0 Å². The minimum atomic E-state index is -0.364. The van der Waals surface area contributed by atoms with Gasteiger partial charge in [0.2, 0.25) is 5.91 Å². The molecule has 0 unspecified atom stereocenters. The molecule has 0 bridgehead atoms. The molecule has 0 saturated carbocycles. The lowest BCUT2D eigenvalue weighted by Gasteiger charge is -2.08. The van der Waals surface area contributed by atoms with Gasteiger partial charge in [-0.3, -0.25) is 14.2 Å². The Balaban J connectivity index is 2.88. The molecule has 0 aliphatic heterocycles. The molecule has 0 fully saturated rings. The van der Waals surface area contributed by atoms with Crippen molar-refractivity contribution in [2.24, 2.45) is 0 Å². The van der Waals surface area contributed by atoms with Gasteiger partial charge in [-0.2, -0.15) is 0 Å². The highest BCUT2D eigenvalue weighted by atomic mass is 16.2. The van der Waals surface area contributed by atoms with E-state index in [1.54, 1.807) is 0 Å². The zero-order chi connectivity index (χ0) is 13.5. The lowest BCUT2D eigenvalue weighted by atomic mass is 10.4. The summed E-state index contributed by atoms with van der Waals surface area (Å²) in [4.78, 5) is 34.8. The van der Waals surface area contributed by atoms with Crippen molar-refractivity contribution in [2.45, 2.75) is 39.8 Å². The summed E-state index contributed by atoms with van der Waals surface area (Å²) in [6.45, 7) is 5.01. The molecule has 1 aromatic rings. The zero-order valence-corrected chi connectivity index (χ0v) is 10.8. The molecule has 0 radical (unpaired) electrons. The molecule has 100 valence electrons. The molecule has 0 spiro atoms. The van der Waals surface area contributed by atoms with Crippen LogP contribution in [0.3, 0.4) is 0 Å². The standard InChI is InChI=1S/C12H19N3O3/c1-3-7-14-8-6-11(17)15(12(14)18)9-5-10(16)13-4-2/h6,8H,3-5,7,9H2,1-2H3,(H,13,16). The first kappa shape index (κ1) is 14.2. The molecule has 0 aliphatic rings. The van der Waals surface area contributed by atoms with Gasteiger partial charge in [0.1, 0.15) is 0 Å². The summed E-state index contributed by atoms with van der Waals surface area (Å²) in [5.74, 6) is -0.158. The van der Waals surface area contributed by atoms with Crippen molar-refractivity contribution in [3.05, 3.63) is 33.1 Å². The number of amides is 1. The fraction of sp³-hybridized carbons (Fsp3) is 0.583. The smallest absolute Gasteiger partial charge is 0.330 e. The van der Waals surface area contributed by atoms with Crippen molar-refractivity contribution < 1.29 is 4.79 Å². The van der Waals surface area contributed by atoms with Gasteiger partial charge in [0.25, 0.3) is 5.56 Å². The first-order valence-corrected chi connectivity index (χ1v) is 6.17. The Morgan fingerprint density at radius 3 is 2.61 bits per heavy atom. The second-order valence-corrected chi connectivity index (χ2v) is 3.99. The van der Waals surface area contributed by atoms with Gasteiger partial charge in [0, 0.05) is 38.3 Å². The average molecular weight is 253 g/mol. The number of rotatable bonds is 6. The van der Waals surface area contributed by atoms with E-state index in [0.717, 1.165) is 11.0 Å². The van der Waals surface area contributed by atoms with E-state index in [1.165, 1.54) is 16.8 Å². The average Bonchev–Trinajstić information content (AvgIpc) is 2.33. The molecular formula is C12H19N3O3. The van der Waals surface area contributed by atoms with Crippen LogP contribution in [0.1, 0.15) is 26.7 Å². The van der Waals surface area contributed by atoms with Gasteiger partial charge in [-0.25, -0.2) is 4.79 Å². The number of nitrogens with one attached hydrogen (secondary N) is 1. The maximum absolute atomic E-state index is 11.9. The number of aromatic nitrogens is 2. The van der Waals surface area contributed by atoms with E-state index in [0.29, 0.717) is 13.1 Å². The number of hydrogen-bond acceptors (Lipinski definition) is 3. The highest BCUT2D eigenvalue weighted by Crippen LogP contribution is 1.87. The zero-order valence-electron chi connectivity index (χ0n) is 10.8. The van der Waals surface area contributed by atoms with Crippen LogP contribution >= 0.6 is 0 Å². The summed E-state index contributed by atoms with van der Waals surface area (Å²) in [5.41, 5.74) is -0.717. The lowest BCUT2D eigenvalue weighted by Crippen LogP contribution is -2.40. The molecule has 0 aromatic carbocycles. The highest BCUT2D eigenvalue weighted by Gasteiger charge is 2.07. The van der Waals surface area contributed by atoms with Gasteiger partial charge in [0.05, 0.1) is 0 Å². The van der Waals surface area contributed by atoms with Crippen LogP contribution in [0.25, 0.3) is 0 Å². The Bertz CT molecular complexity index is 516. The van der Waals surface area contributed by atoms with Crippen LogP contribution in [-0.4, -0.2) is 21.6 Å². The van der Waals surface area contributed by atoms with Crippen molar-refractivity contribution in [2.75, 3.05) is 6.54 Å². The molecule has 18 heavy (non-hydrogen) atoms. The first-order chi connectivity index (χ1) is 8.60. The largest absolute Gasteiger partial charge is 0.356 e.